The number of nitrogens with zero attached hydrogens (tertiary/aromatic N) is 2. The third-order valence-electron chi connectivity index (χ3n) is 14.8. The largest absolute Gasteiger partial charge is 0.468 e. The Hall–Kier alpha value is -6.80. The first-order valence-electron chi connectivity index (χ1n) is 24.2. The van der Waals surface area contributed by atoms with Gasteiger partial charge in [0.05, 0.1) is 22.7 Å². The number of furan rings is 2. The third kappa shape index (κ3) is 6.39. The van der Waals surface area contributed by atoms with Crippen LogP contribution in [-0.2, 0) is 10.8 Å². The molecular formula is C62H53BN2O2S2. The minimum Gasteiger partial charge on any atom is -0.468 e. The van der Waals surface area contributed by atoms with Crippen LogP contribution in [0.3, 0.4) is 0 Å². The second kappa shape index (κ2) is 14.9. The molecule has 2 aliphatic heterocycles. The fourth-order valence-electron chi connectivity index (χ4n) is 11.5. The Bertz CT molecular complexity index is 3600. The predicted octanol–water partition coefficient (Wildman–Crippen LogP) is 16.9. The molecule has 338 valence electrons. The number of hydrogen-bond acceptors (Lipinski definition) is 6. The monoisotopic (exact) mass is 932 g/mol. The van der Waals surface area contributed by atoms with Gasteiger partial charge in [0, 0.05) is 41.3 Å². The molecule has 2 aliphatic rings. The minimum atomic E-state index is -0.304. The second-order valence-electron chi connectivity index (χ2n) is 21.6. The molecule has 0 spiro atoms. The van der Waals surface area contributed by atoms with Crippen LogP contribution in [0.1, 0.15) is 74.9 Å². The molecule has 0 bridgehead atoms. The first-order chi connectivity index (χ1) is 33.1. The molecule has 0 N–H and O–H groups in total. The summed E-state index contributed by atoms with van der Waals surface area (Å²) in [4.78, 5) is 7.63. The Labute approximate surface area is 412 Å². The zero-order chi connectivity index (χ0) is 47.4. The van der Waals surface area contributed by atoms with E-state index in [9.17, 15) is 0 Å². The molecule has 0 saturated carbocycles. The average Bonchev–Trinajstić information content (AvgIpc) is 4.11. The Balaban J connectivity index is 1.09. The molecule has 13 rings (SSSR count). The molecule has 0 atom stereocenters. The summed E-state index contributed by atoms with van der Waals surface area (Å²) < 4.78 is 17.3. The fourth-order valence-corrected chi connectivity index (χ4v) is 13.6. The lowest BCUT2D eigenvalue weighted by molar-refractivity contribution is 0.590. The predicted molar refractivity (Wildman–Crippen MR) is 298 cm³/mol. The van der Waals surface area contributed by atoms with Crippen molar-refractivity contribution in [1.82, 2.24) is 0 Å². The molecule has 0 amide bonds. The van der Waals surface area contributed by atoms with Gasteiger partial charge in [0.2, 0.25) is 0 Å². The Kier molecular flexibility index (Phi) is 9.11. The van der Waals surface area contributed by atoms with Gasteiger partial charge in [-0.2, -0.15) is 0 Å². The number of aryl methyl sites for hydroxylation is 4. The van der Waals surface area contributed by atoms with Crippen molar-refractivity contribution >= 4 is 122 Å². The summed E-state index contributed by atoms with van der Waals surface area (Å²) in [5.74, 6) is 0. The van der Waals surface area contributed by atoms with E-state index in [-0.39, 0.29) is 17.5 Å². The highest BCUT2D eigenvalue weighted by Crippen LogP contribution is 2.52. The summed E-state index contributed by atoms with van der Waals surface area (Å²) in [5, 5.41) is 4.78. The molecule has 11 aromatic rings. The summed E-state index contributed by atoms with van der Waals surface area (Å²) in [6.07, 6.45) is 0. The summed E-state index contributed by atoms with van der Waals surface area (Å²) in [5.41, 5.74) is 21.3. The summed E-state index contributed by atoms with van der Waals surface area (Å²) >= 11 is 3.72. The molecule has 0 saturated heterocycles. The van der Waals surface area contributed by atoms with Crippen molar-refractivity contribution in [3.05, 3.63) is 173 Å². The van der Waals surface area contributed by atoms with Gasteiger partial charge in [0.25, 0.3) is 0 Å². The van der Waals surface area contributed by atoms with Gasteiger partial charge >= 0.3 is 6.71 Å². The highest BCUT2D eigenvalue weighted by Gasteiger charge is 2.50. The van der Waals surface area contributed by atoms with E-state index >= 15 is 0 Å². The molecule has 7 aromatic carbocycles. The van der Waals surface area contributed by atoms with Crippen molar-refractivity contribution in [3.63, 3.8) is 0 Å². The van der Waals surface area contributed by atoms with Crippen LogP contribution in [0, 0.1) is 27.7 Å². The van der Waals surface area contributed by atoms with E-state index in [0.29, 0.717) is 0 Å². The van der Waals surface area contributed by atoms with E-state index in [4.69, 9.17) is 8.83 Å². The Morgan fingerprint density at radius 1 is 0.435 bits per heavy atom. The molecule has 0 radical (unpaired) electrons. The molecule has 6 heterocycles. The molecule has 7 heteroatoms. The van der Waals surface area contributed by atoms with E-state index in [1.54, 1.807) is 0 Å². The highest BCUT2D eigenvalue weighted by atomic mass is 32.1. The number of fused-ring (bicyclic) bond motifs is 10. The van der Waals surface area contributed by atoms with Gasteiger partial charge < -0.3 is 18.6 Å². The van der Waals surface area contributed by atoms with E-state index in [1.165, 1.54) is 91.3 Å². The van der Waals surface area contributed by atoms with Crippen LogP contribution in [0.5, 0.6) is 0 Å². The first kappa shape index (κ1) is 42.3. The van der Waals surface area contributed by atoms with Crippen molar-refractivity contribution in [3.8, 4) is 20.9 Å². The molecule has 0 aliphatic carbocycles. The van der Waals surface area contributed by atoms with Gasteiger partial charge in [0.1, 0.15) is 22.5 Å². The molecule has 0 unspecified atom stereocenters. The van der Waals surface area contributed by atoms with Crippen molar-refractivity contribution in [1.29, 1.82) is 0 Å². The molecule has 4 aromatic heterocycles. The number of benzene rings is 7. The van der Waals surface area contributed by atoms with Crippen LogP contribution in [0.4, 0.5) is 34.1 Å². The standard InChI is InChI=1S/C62H53BN2O2S2/c1-34-26-40(52-30-38-16-11-13-20-50(38)68-52)27-35(2)55(34)64-46-18-15-19-47-54(46)63(59-57(64)44-32-42(61(5,6)7)22-24-48(44)66-59)60-58(45-33-43(62(8,9)10)23-25-49(45)67-60)65(47)56-36(3)28-41(29-37(56)4)53-31-39-17-12-14-21-51(39)69-53/h11-33H,1-10H3. The van der Waals surface area contributed by atoms with Crippen LogP contribution in [-0.4, -0.2) is 6.71 Å². The molecule has 4 nitrogen and oxygen atoms in total. The van der Waals surface area contributed by atoms with Gasteiger partial charge in [-0.1, -0.05) is 96.1 Å². The number of anilines is 6. The maximum absolute atomic E-state index is 7.36. The first-order valence-corrected chi connectivity index (χ1v) is 25.8. The number of rotatable bonds is 4. The van der Waals surface area contributed by atoms with Crippen LogP contribution < -0.4 is 26.6 Å². The fraction of sp³-hybridized carbons (Fsp3) is 0.194. The lowest BCUT2D eigenvalue weighted by Crippen LogP contribution is -2.60. The molecule has 0 fully saturated rings. The van der Waals surface area contributed by atoms with Gasteiger partial charge in [-0.15, -0.1) is 22.7 Å². The van der Waals surface area contributed by atoms with Crippen LogP contribution >= 0.6 is 22.7 Å². The van der Waals surface area contributed by atoms with Crippen molar-refractivity contribution in [2.24, 2.45) is 0 Å². The van der Waals surface area contributed by atoms with Crippen LogP contribution in [0.25, 0.3) is 63.0 Å². The van der Waals surface area contributed by atoms with Crippen LogP contribution in [0.2, 0.25) is 0 Å². The molecular weight excluding hydrogens is 880 g/mol. The zero-order valence-corrected chi connectivity index (χ0v) is 42.5. The van der Waals surface area contributed by atoms with Crippen LogP contribution in [0.15, 0.2) is 148 Å². The van der Waals surface area contributed by atoms with Crippen molar-refractivity contribution in [2.75, 3.05) is 9.80 Å². The second-order valence-corrected chi connectivity index (χ2v) is 23.7. The number of hydrogen-bond donors (Lipinski definition) is 0. The normalized spacial score (nSPS) is 13.6. The summed E-state index contributed by atoms with van der Waals surface area (Å²) in [6.45, 7) is 22.6. The maximum atomic E-state index is 7.36. The SMILES string of the molecule is Cc1cc(-c2cc3ccccc3s2)cc(C)c1N1c2cccc3c2B(c2oc4ccc(C(C)(C)C)cc4c21)c1oc2ccc(C(C)(C)C)cc2c1N3c1c(C)cc(-c2cc3ccccc3s2)cc1C. The number of thiophene rings is 2. The zero-order valence-electron chi connectivity index (χ0n) is 40.9. The third-order valence-corrected chi connectivity index (χ3v) is 17.1. The Morgan fingerprint density at radius 2 is 0.841 bits per heavy atom. The molecule has 69 heavy (non-hydrogen) atoms. The average molecular weight is 933 g/mol. The van der Waals surface area contributed by atoms with E-state index < -0.39 is 0 Å². The van der Waals surface area contributed by atoms with Gasteiger partial charge in [-0.05, 0) is 184 Å². The lowest BCUT2D eigenvalue weighted by Gasteiger charge is -2.42. The minimum absolute atomic E-state index is 0.0646. The smallest absolute Gasteiger partial charge is 0.342 e. The summed E-state index contributed by atoms with van der Waals surface area (Å²) in [6, 6.07) is 52.2. The van der Waals surface area contributed by atoms with Gasteiger partial charge in [-0.25, -0.2) is 0 Å². The van der Waals surface area contributed by atoms with E-state index in [0.717, 1.165) is 56.0 Å². The van der Waals surface area contributed by atoms with E-state index in [2.05, 4.69) is 219 Å². The van der Waals surface area contributed by atoms with E-state index in [1.807, 2.05) is 22.7 Å². The van der Waals surface area contributed by atoms with Gasteiger partial charge in [0.15, 0.2) is 0 Å². The topological polar surface area (TPSA) is 32.8 Å². The lowest BCUT2D eigenvalue weighted by atomic mass is 9.37. The van der Waals surface area contributed by atoms with Crippen molar-refractivity contribution < 1.29 is 8.83 Å². The maximum Gasteiger partial charge on any atom is 0.342 e. The Morgan fingerprint density at radius 3 is 1.23 bits per heavy atom. The summed E-state index contributed by atoms with van der Waals surface area (Å²) in [7, 11) is 0. The highest BCUT2D eigenvalue weighted by molar-refractivity contribution is 7.22. The quantitative estimate of drug-likeness (QED) is 0.165. The van der Waals surface area contributed by atoms with Crippen molar-refractivity contribution in [2.45, 2.75) is 80.1 Å². The van der Waals surface area contributed by atoms with Gasteiger partial charge in [-0.3, -0.25) is 0 Å².